The monoisotopic (exact) mass is 288 g/mol. The molecule has 0 atom stereocenters. The van der Waals surface area contributed by atoms with Gasteiger partial charge in [-0.1, -0.05) is 0 Å². The van der Waals surface area contributed by atoms with E-state index in [0.29, 0.717) is 11.3 Å². The van der Waals surface area contributed by atoms with Crippen molar-refractivity contribution in [2.75, 3.05) is 24.7 Å². The summed E-state index contributed by atoms with van der Waals surface area (Å²) in [6.07, 6.45) is 3.55. The summed E-state index contributed by atoms with van der Waals surface area (Å²) in [5, 5.41) is 4.13. The summed E-state index contributed by atoms with van der Waals surface area (Å²) < 4.78 is 7.05. The number of hydrogen-bond acceptors (Lipinski definition) is 5. The average molecular weight is 288 g/mol. The van der Waals surface area contributed by atoms with Gasteiger partial charge in [0.05, 0.1) is 23.1 Å². The number of anilines is 2. The molecule has 1 aromatic carbocycles. The van der Waals surface area contributed by atoms with Gasteiger partial charge in [0.15, 0.2) is 0 Å². The maximum Gasteiger partial charge on any atom is 0.338 e. The molecule has 21 heavy (non-hydrogen) atoms. The van der Waals surface area contributed by atoms with Crippen LogP contribution in [0.3, 0.4) is 0 Å². The zero-order chi connectivity index (χ0) is 15.4. The van der Waals surface area contributed by atoms with Crippen LogP contribution in [-0.4, -0.2) is 29.8 Å². The zero-order valence-corrected chi connectivity index (χ0v) is 12.5. The predicted octanol–water partition coefficient (Wildman–Crippen LogP) is 1.91. The normalized spacial score (nSPS) is 10.4. The van der Waals surface area contributed by atoms with Gasteiger partial charge in [0, 0.05) is 32.4 Å². The Bertz CT molecular complexity index is 634. The number of ether oxygens (including phenoxy) is 1. The highest BCUT2D eigenvalue weighted by Crippen LogP contribution is 2.22. The first-order chi connectivity index (χ1) is 10.0. The van der Waals surface area contributed by atoms with Crippen molar-refractivity contribution in [1.82, 2.24) is 9.78 Å². The van der Waals surface area contributed by atoms with Gasteiger partial charge in [0.2, 0.25) is 0 Å². The molecule has 0 aliphatic carbocycles. The summed E-state index contributed by atoms with van der Waals surface area (Å²) in [5.74, 6) is -0.392. The third-order valence-corrected chi connectivity index (χ3v) is 3.13. The van der Waals surface area contributed by atoms with Crippen LogP contribution in [0.5, 0.6) is 0 Å². The molecular weight excluding hydrogens is 268 g/mol. The van der Waals surface area contributed by atoms with E-state index in [-0.39, 0.29) is 6.61 Å². The van der Waals surface area contributed by atoms with Crippen molar-refractivity contribution in [2.24, 2.45) is 0 Å². The van der Waals surface area contributed by atoms with E-state index in [1.807, 2.05) is 32.1 Å². The number of carbonyl (C=O) groups is 1. The third-order valence-electron chi connectivity index (χ3n) is 3.13. The van der Waals surface area contributed by atoms with Crippen LogP contribution in [0.4, 0.5) is 11.4 Å². The number of rotatable bonds is 5. The van der Waals surface area contributed by atoms with Crippen LogP contribution in [0.15, 0.2) is 30.6 Å². The second-order valence-electron chi connectivity index (χ2n) is 4.95. The molecule has 0 bridgehead atoms. The van der Waals surface area contributed by atoms with Crippen molar-refractivity contribution in [3.05, 3.63) is 41.7 Å². The molecule has 6 nitrogen and oxygen atoms in total. The second kappa shape index (κ2) is 6.30. The largest absolute Gasteiger partial charge is 0.457 e. The lowest BCUT2D eigenvalue weighted by Crippen LogP contribution is -2.12. The molecule has 6 heteroatoms. The molecule has 0 aliphatic rings. The Hall–Kier alpha value is -2.50. The SMILES string of the molecule is CCn1cc(COC(=O)c2ccc(N(C)C)c(N)c2)cn1. The van der Waals surface area contributed by atoms with Crippen LogP contribution < -0.4 is 10.6 Å². The van der Waals surface area contributed by atoms with E-state index >= 15 is 0 Å². The van der Waals surface area contributed by atoms with Crippen molar-refractivity contribution in [2.45, 2.75) is 20.1 Å². The van der Waals surface area contributed by atoms with Crippen LogP contribution in [0, 0.1) is 0 Å². The van der Waals surface area contributed by atoms with Crippen molar-refractivity contribution >= 4 is 17.3 Å². The fourth-order valence-electron chi connectivity index (χ4n) is 1.97. The Labute approximate surface area is 124 Å². The van der Waals surface area contributed by atoms with E-state index in [4.69, 9.17) is 10.5 Å². The fraction of sp³-hybridized carbons (Fsp3) is 0.333. The first kappa shape index (κ1) is 14.9. The summed E-state index contributed by atoms with van der Waals surface area (Å²) in [7, 11) is 3.80. The van der Waals surface area contributed by atoms with Crippen LogP contribution in [0.25, 0.3) is 0 Å². The lowest BCUT2D eigenvalue weighted by atomic mass is 10.1. The molecule has 0 saturated carbocycles. The molecular formula is C15H20N4O2. The van der Waals surface area contributed by atoms with Gasteiger partial charge in [-0.3, -0.25) is 4.68 Å². The van der Waals surface area contributed by atoms with E-state index < -0.39 is 5.97 Å². The topological polar surface area (TPSA) is 73.4 Å². The summed E-state index contributed by atoms with van der Waals surface area (Å²) in [4.78, 5) is 13.9. The number of nitrogens with zero attached hydrogens (tertiary/aromatic N) is 3. The molecule has 2 aromatic rings. The van der Waals surface area contributed by atoms with E-state index in [2.05, 4.69) is 5.10 Å². The predicted molar refractivity (Wildman–Crippen MR) is 82.2 cm³/mol. The van der Waals surface area contributed by atoms with Gasteiger partial charge < -0.3 is 15.4 Å². The van der Waals surface area contributed by atoms with Crippen LogP contribution in [-0.2, 0) is 17.9 Å². The molecule has 0 spiro atoms. The maximum atomic E-state index is 12.0. The van der Waals surface area contributed by atoms with Gasteiger partial charge >= 0.3 is 5.97 Å². The molecule has 0 saturated heterocycles. The Morgan fingerprint density at radius 1 is 1.43 bits per heavy atom. The Balaban J connectivity index is 2.01. The molecule has 2 rings (SSSR count). The Morgan fingerprint density at radius 2 is 2.19 bits per heavy atom. The van der Waals surface area contributed by atoms with E-state index in [1.54, 1.807) is 29.1 Å². The van der Waals surface area contributed by atoms with Gasteiger partial charge in [-0.05, 0) is 25.1 Å². The zero-order valence-electron chi connectivity index (χ0n) is 12.5. The van der Waals surface area contributed by atoms with E-state index in [9.17, 15) is 4.79 Å². The van der Waals surface area contributed by atoms with Crippen LogP contribution >= 0.6 is 0 Å². The van der Waals surface area contributed by atoms with Crippen molar-refractivity contribution in [1.29, 1.82) is 0 Å². The number of aryl methyl sites for hydroxylation is 1. The van der Waals surface area contributed by atoms with Gasteiger partial charge in [-0.2, -0.15) is 5.10 Å². The molecule has 0 amide bonds. The van der Waals surface area contributed by atoms with Crippen LogP contribution in [0.2, 0.25) is 0 Å². The number of hydrogen-bond donors (Lipinski definition) is 1. The Morgan fingerprint density at radius 3 is 2.76 bits per heavy atom. The summed E-state index contributed by atoms with van der Waals surface area (Å²) in [6.45, 7) is 2.99. The fourth-order valence-corrected chi connectivity index (χ4v) is 1.97. The number of aromatic nitrogens is 2. The first-order valence-corrected chi connectivity index (χ1v) is 6.76. The highest BCUT2D eigenvalue weighted by molar-refractivity contribution is 5.92. The van der Waals surface area contributed by atoms with Crippen molar-refractivity contribution in [3.8, 4) is 0 Å². The smallest absolute Gasteiger partial charge is 0.338 e. The number of nitrogen functional groups attached to an aromatic ring is 1. The quantitative estimate of drug-likeness (QED) is 0.672. The molecule has 2 N–H and O–H groups in total. The molecule has 112 valence electrons. The van der Waals surface area contributed by atoms with Crippen molar-refractivity contribution in [3.63, 3.8) is 0 Å². The molecule has 0 aliphatic heterocycles. The Kier molecular flexibility index (Phi) is 4.47. The highest BCUT2D eigenvalue weighted by atomic mass is 16.5. The lowest BCUT2D eigenvalue weighted by molar-refractivity contribution is 0.0472. The molecule has 1 aromatic heterocycles. The standard InChI is InChI=1S/C15H20N4O2/c1-4-19-9-11(8-17-19)10-21-15(20)12-5-6-14(18(2)3)13(16)7-12/h5-9H,4,10,16H2,1-3H3. The molecule has 0 fully saturated rings. The number of carbonyl (C=O) groups excluding carboxylic acids is 1. The van der Waals surface area contributed by atoms with Gasteiger partial charge in [-0.15, -0.1) is 0 Å². The first-order valence-electron chi connectivity index (χ1n) is 6.76. The number of benzene rings is 1. The molecule has 0 radical (unpaired) electrons. The number of esters is 1. The minimum atomic E-state index is -0.392. The molecule has 0 unspecified atom stereocenters. The highest BCUT2D eigenvalue weighted by Gasteiger charge is 2.11. The second-order valence-corrected chi connectivity index (χ2v) is 4.95. The van der Waals surface area contributed by atoms with Crippen molar-refractivity contribution < 1.29 is 9.53 Å². The number of nitrogens with two attached hydrogens (primary N) is 1. The molecule has 1 heterocycles. The lowest BCUT2D eigenvalue weighted by Gasteiger charge is -2.15. The maximum absolute atomic E-state index is 12.0. The van der Waals surface area contributed by atoms with Gasteiger partial charge in [-0.25, -0.2) is 4.79 Å². The van der Waals surface area contributed by atoms with Gasteiger partial charge in [0.25, 0.3) is 0 Å². The van der Waals surface area contributed by atoms with Crippen LogP contribution in [0.1, 0.15) is 22.8 Å². The summed E-state index contributed by atoms with van der Waals surface area (Å²) in [5.41, 5.74) is 8.66. The summed E-state index contributed by atoms with van der Waals surface area (Å²) in [6, 6.07) is 5.15. The summed E-state index contributed by atoms with van der Waals surface area (Å²) >= 11 is 0. The van der Waals surface area contributed by atoms with E-state index in [1.165, 1.54) is 0 Å². The van der Waals surface area contributed by atoms with Gasteiger partial charge in [0.1, 0.15) is 6.61 Å². The minimum absolute atomic E-state index is 0.203. The third kappa shape index (κ3) is 3.53. The minimum Gasteiger partial charge on any atom is -0.457 e. The average Bonchev–Trinajstić information content (AvgIpc) is 2.92. The van der Waals surface area contributed by atoms with E-state index in [0.717, 1.165) is 17.8 Å².